The van der Waals surface area contributed by atoms with Gasteiger partial charge in [0.1, 0.15) is 10.6 Å². The summed E-state index contributed by atoms with van der Waals surface area (Å²) in [7, 11) is -2.02. The highest BCUT2D eigenvalue weighted by molar-refractivity contribution is 7.89. The molecule has 0 saturated carbocycles. The third-order valence-electron chi connectivity index (χ3n) is 3.19. The first-order valence-electron chi connectivity index (χ1n) is 7.62. The number of anilines is 1. The third-order valence-corrected chi connectivity index (χ3v) is 5.26. The zero-order valence-electron chi connectivity index (χ0n) is 14.5. The zero-order chi connectivity index (χ0) is 17.5. The Morgan fingerprint density at radius 1 is 1.21 bits per heavy atom. The number of nitrogens with zero attached hydrogens (tertiary/aromatic N) is 1. The molecule has 1 amide bonds. The molecule has 24 heavy (non-hydrogen) atoms. The quantitative estimate of drug-likeness (QED) is 0.681. The second-order valence-electron chi connectivity index (χ2n) is 4.76. The molecular weight excluding hydrogens is 354 g/mol. The summed E-state index contributed by atoms with van der Waals surface area (Å²) < 4.78 is 32.3. The molecule has 1 aromatic rings. The Morgan fingerprint density at radius 3 is 2.33 bits per heavy atom. The van der Waals surface area contributed by atoms with Crippen molar-refractivity contribution in [2.75, 3.05) is 38.6 Å². The van der Waals surface area contributed by atoms with Gasteiger partial charge >= 0.3 is 0 Å². The predicted octanol–water partition coefficient (Wildman–Crippen LogP) is 1.70. The van der Waals surface area contributed by atoms with E-state index in [2.05, 4.69) is 10.6 Å². The lowest BCUT2D eigenvalue weighted by atomic mass is 10.3. The minimum Gasteiger partial charge on any atom is -0.492 e. The summed E-state index contributed by atoms with van der Waals surface area (Å²) >= 11 is 0. The summed E-state index contributed by atoms with van der Waals surface area (Å²) in [6.07, 6.45) is 0. The number of ether oxygens (including phenoxy) is 1. The van der Waals surface area contributed by atoms with Crippen molar-refractivity contribution in [3.63, 3.8) is 0 Å². The fourth-order valence-corrected chi connectivity index (χ4v) is 3.75. The molecule has 0 aliphatic heterocycles. The first-order valence-corrected chi connectivity index (χ1v) is 9.06. The first-order chi connectivity index (χ1) is 10.9. The number of halogens is 1. The molecule has 1 rings (SSSR count). The average molecular weight is 380 g/mol. The highest BCUT2D eigenvalue weighted by Crippen LogP contribution is 2.30. The van der Waals surface area contributed by atoms with Crippen LogP contribution in [0.5, 0.6) is 5.75 Å². The van der Waals surface area contributed by atoms with Crippen molar-refractivity contribution in [1.29, 1.82) is 0 Å². The van der Waals surface area contributed by atoms with E-state index in [1.807, 2.05) is 0 Å². The van der Waals surface area contributed by atoms with Crippen LogP contribution in [-0.4, -0.2) is 51.9 Å². The third kappa shape index (κ3) is 5.62. The number of sulfonamides is 1. The van der Waals surface area contributed by atoms with Crippen LogP contribution in [0.1, 0.15) is 20.8 Å². The van der Waals surface area contributed by atoms with Gasteiger partial charge in [-0.05, 0) is 32.2 Å². The standard InChI is InChI=1S/C15H25N3O4S.ClH/c1-5-18(6-2)23(20,21)14-10-12(17-15(19)11-16-4)8-9-13(14)22-7-3;/h8-10,16H,5-7,11H2,1-4H3,(H,17,19);1H. The minimum absolute atomic E-state index is 0. The van der Waals surface area contributed by atoms with Gasteiger partial charge in [-0.25, -0.2) is 8.42 Å². The van der Waals surface area contributed by atoms with Gasteiger partial charge in [0.25, 0.3) is 0 Å². The van der Waals surface area contributed by atoms with Crippen LogP contribution in [0.25, 0.3) is 0 Å². The van der Waals surface area contributed by atoms with E-state index >= 15 is 0 Å². The number of rotatable bonds is 9. The van der Waals surface area contributed by atoms with Crippen LogP contribution in [0.2, 0.25) is 0 Å². The van der Waals surface area contributed by atoms with Gasteiger partial charge in [0.2, 0.25) is 15.9 Å². The van der Waals surface area contributed by atoms with Crippen molar-refractivity contribution in [3.05, 3.63) is 18.2 Å². The van der Waals surface area contributed by atoms with Gasteiger partial charge in [-0.15, -0.1) is 12.4 Å². The Bertz CT molecular complexity index is 634. The lowest BCUT2D eigenvalue weighted by molar-refractivity contribution is -0.115. The minimum atomic E-state index is -3.68. The molecule has 0 saturated heterocycles. The highest BCUT2D eigenvalue weighted by Gasteiger charge is 2.26. The van der Waals surface area contributed by atoms with Gasteiger partial charge in [0, 0.05) is 18.8 Å². The number of hydrogen-bond donors (Lipinski definition) is 2. The summed E-state index contributed by atoms with van der Waals surface area (Å²) in [5, 5.41) is 5.40. The van der Waals surface area contributed by atoms with E-state index in [9.17, 15) is 13.2 Å². The fraction of sp³-hybridized carbons (Fsp3) is 0.533. The van der Waals surface area contributed by atoms with E-state index in [1.165, 1.54) is 10.4 Å². The number of hydrogen-bond acceptors (Lipinski definition) is 5. The predicted molar refractivity (Wildman–Crippen MR) is 97.5 cm³/mol. The Morgan fingerprint density at radius 2 is 1.83 bits per heavy atom. The smallest absolute Gasteiger partial charge is 0.246 e. The van der Waals surface area contributed by atoms with Crippen LogP contribution in [-0.2, 0) is 14.8 Å². The fourth-order valence-electron chi connectivity index (χ4n) is 2.13. The summed E-state index contributed by atoms with van der Waals surface area (Å²) in [6.45, 7) is 6.56. The van der Waals surface area contributed by atoms with Crippen molar-refractivity contribution in [3.8, 4) is 5.75 Å². The Hall–Kier alpha value is -1.35. The molecule has 9 heteroatoms. The van der Waals surface area contributed by atoms with Gasteiger partial charge in [-0.2, -0.15) is 4.31 Å². The molecule has 0 fully saturated rings. The van der Waals surface area contributed by atoms with Gasteiger partial charge in [-0.3, -0.25) is 4.79 Å². The van der Waals surface area contributed by atoms with E-state index < -0.39 is 10.0 Å². The van der Waals surface area contributed by atoms with Crippen LogP contribution >= 0.6 is 12.4 Å². The lowest BCUT2D eigenvalue weighted by Gasteiger charge is -2.21. The molecule has 0 unspecified atom stereocenters. The SMILES string of the molecule is CCOc1ccc(NC(=O)CNC)cc1S(=O)(=O)N(CC)CC.Cl. The number of carbonyl (C=O) groups excluding carboxylic acids is 1. The monoisotopic (exact) mass is 379 g/mol. The van der Waals surface area contributed by atoms with Gasteiger partial charge in [0.15, 0.2) is 0 Å². The molecular formula is C15H26ClN3O4S. The maximum Gasteiger partial charge on any atom is 0.246 e. The van der Waals surface area contributed by atoms with Crippen molar-refractivity contribution in [1.82, 2.24) is 9.62 Å². The molecule has 0 aromatic heterocycles. The number of benzene rings is 1. The molecule has 138 valence electrons. The van der Waals surface area contributed by atoms with E-state index in [0.29, 0.717) is 25.4 Å². The summed E-state index contributed by atoms with van der Waals surface area (Å²) in [6, 6.07) is 4.63. The molecule has 0 radical (unpaired) electrons. The summed E-state index contributed by atoms with van der Waals surface area (Å²) in [4.78, 5) is 11.7. The normalized spacial score (nSPS) is 11.0. The van der Waals surface area contributed by atoms with Crippen LogP contribution in [0, 0.1) is 0 Å². The van der Waals surface area contributed by atoms with Crippen LogP contribution < -0.4 is 15.4 Å². The molecule has 0 aliphatic rings. The summed E-state index contributed by atoms with van der Waals surface area (Å²) in [5.74, 6) is 0.0360. The van der Waals surface area contributed by atoms with Crippen molar-refractivity contribution in [2.24, 2.45) is 0 Å². The molecule has 1 aromatic carbocycles. The molecule has 7 nitrogen and oxygen atoms in total. The largest absolute Gasteiger partial charge is 0.492 e. The Labute approximate surface area is 150 Å². The molecule has 0 atom stereocenters. The van der Waals surface area contributed by atoms with Gasteiger partial charge < -0.3 is 15.4 Å². The van der Waals surface area contributed by atoms with Crippen LogP contribution in [0.3, 0.4) is 0 Å². The Balaban J connectivity index is 0.00000529. The number of amides is 1. The second-order valence-corrected chi connectivity index (χ2v) is 6.67. The van der Waals surface area contributed by atoms with Crippen molar-refractivity contribution >= 4 is 34.0 Å². The average Bonchev–Trinajstić information content (AvgIpc) is 2.50. The van der Waals surface area contributed by atoms with Crippen molar-refractivity contribution < 1.29 is 17.9 Å². The van der Waals surface area contributed by atoms with Crippen LogP contribution in [0.4, 0.5) is 5.69 Å². The van der Waals surface area contributed by atoms with E-state index in [-0.39, 0.29) is 35.5 Å². The number of carbonyl (C=O) groups is 1. The first kappa shape index (κ1) is 22.6. The van der Waals surface area contributed by atoms with E-state index in [0.717, 1.165) is 0 Å². The molecule has 0 bridgehead atoms. The number of likely N-dealkylation sites (N-methyl/N-ethyl adjacent to an activating group) is 1. The topological polar surface area (TPSA) is 87.7 Å². The Kier molecular flexibility index (Phi) is 9.91. The lowest BCUT2D eigenvalue weighted by Crippen LogP contribution is -2.31. The van der Waals surface area contributed by atoms with Crippen LogP contribution in [0.15, 0.2) is 23.1 Å². The van der Waals surface area contributed by atoms with Crippen molar-refractivity contribution in [2.45, 2.75) is 25.7 Å². The summed E-state index contributed by atoms with van der Waals surface area (Å²) in [5.41, 5.74) is 0.416. The van der Waals surface area contributed by atoms with E-state index in [1.54, 1.807) is 40.0 Å². The molecule has 2 N–H and O–H groups in total. The van der Waals surface area contributed by atoms with Gasteiger partial charge in [-0.1, -0.05) is 13.8 Å². The maximum atomic E-state index is 12.8. The maximum absolute atomic E-state index is 12.8. The molecule has 0 spiro atoms. The number of nitrogens with one attached hydrogen (secondary N) is 2. The second kappa shape index (κ2) is 10.5. The molecule has 0 aliphatic carbocycles. The van der Waals surface area contributed by atoms with Gasteiger partial charge in [0.05, 0.1) is 13.2 Å². The zero-order valence-corrected chi connectivity index (χ0v) is 16.1. The highest BCUT2D eigenvalue weighted by atomic mass is 35.5. The molecule has 0 heterocycles. The van der Waals surface area contributed by atoms with E-state index in [4.69, 9.17) is 4.74 Å².